The number of rotatable bonds is 3. The molecule has 132 valence electrons. The fourth-order valence-electron chi connectivity index (χ4n) is 2.87. The van der Waals surface area contributed by atoms with Crippen molar-refractivity contribution in [2.75, 3.05) is 36.4 Å². The van der Waals surface area contributed by atoms with Crippen LogP contribution in [0.4, 0.5) is 15.6 Å². The molecule has 1 aliphatic rings. The zero-order valence-electron chi connectivity index (χ0n) is 14.1. The average Bonchev–Trinajstić information content (AvgIpc) is 3.18. The number of pyridine rings is 2. The molecule has 3 aromatic rings. The van der Waals surface area contributed by atoms with Gasteiger partial charge < -0.3 is 9.80 Å². The lowest BCUT2D eigenvalue weighted by Gasteiger charge is -2.35. The predicted molar refractivity (Wildman–Crippen MR) is 102 cm³/mol. The van der Waals surface area contributed by atoms with E-state index in [1.54, 1.807) is 18.6 Å². The van der Waals surface area contributed by atoms with Crippen LogP contribution in [0, 0.1) is 0 Å². The number of carbonyl (C=O) groups excluding carboxylic acids is 1. The lowest BCUT2D eigenvalue weighted by Crippen LogP contribution is -2.50. The summed E-state index contributed by atoms with van der Waals surface area (Å²) >= 11 is 1.43. The van der Waals surface area contributed by atoms with Crippen LogP contribution in [-0.4, -0.2) is 52.1 Å². The topological polar surface area (TPSA) is 74.2 Å². The Morgan fingerprint density at radius 2 is 1.85 bits per heavy atom. The number of hydrogen-bond donors (Lipinski definition) is 1. The van der Waals surface area contributed by atoms with Crippen molar-refractivity contribution >= 4 is 28.2 Å². The van der Waals surface area contributed by atoms with E-state index < -0.39 is 0 Å². The summed E-state index contributed by atoms with van der Waals surface area (Å²) in [6.07, 6.45) is 7.08. The predicted octanol–water partition coefficient (Wildman–Crippen LogP) is 2.95. The van der Waals surface area contributed by atoms with Gasteiger partial charge in [0.15, 0.2) is 5.13 Å². The highest BCUT2D eigenvalue weighted by Gasteiger charge is 2.22. The van der Waals surface area contributed by atoms with Gasteiger partial charge in [-0.2, -0.15) is 0 Å². The fraction of sp³-hybridized carbons (Fsp3) is 0.222. The van der Waals surface area contributed by atoms with E-state index in [0.717, 1.165) is 30.0 Å². The maximum atomic E-state index is 12.5. The summed E-state index contributed by atoms with van der Waals surface area (Å²) in [5, 5.41) is 5.45. The second-order valence-corrected chi connectivity index (χ2v) is 6.75. The third-order valence-electron chi connectivity index (χ3n) is 4.27. The highest BCUT2D eigenvalue weighted by Crippen LogP contribution is 2.24. The van der Waals surface area contributed by atoms with Gasteiger partial charge in [0.1, 0.15) is 0 Å². The molecule has 0 aliphatic carbocycles. The van der Waals surface area contributed by atoms with Gasteiger partial charge in [-0.05, 0) is 24.3 Å². The van der Waals surface area contributed by atoms with Crippen molar-refractivity contribution in [3.8, 4) is 11.3 Å². The highest BCUT2D eigenvalue weighted by atomic mass is 32.1. The second kappa shape index (κ2) is 7.49. The largest absolute Gasteiger partial charge is 0.367 e. The molecule has 8 heteroatoms. The number of hydrogen-bond acceptors (Lipinski definition) is 6. The lowest BCUT2D eigenvalue weighted by atomic mass is 10.2. The molecule has 4 rings (SSSR count). The van der Waals surface area contributed by atoms with Crippen molar-refractivity contribution in [3.05, 3.63) is 54.4 Å². The minimum atomic E-state index is -0.105. The third kappa shape index (κ3) is 3.65. The summed E-state index contributed by atoms with van der Waals surface area (Å²) in [5.74, 6) is 0. The number of urea groups is 1. The van der Waals surface area contributed by atoms with Gasteiger partial charge in [0.2, 0.25) is 0 Å². The summed E-state index contributed by atoms with van der Waals surface area (Å²) in [6, 6.07) is 7.67. The zero-order valence-corrected chi connectivity index (χ0v) is 14.9. The summed E-state index contributed by atoms with van der Waals surface area (Å²) in [6.45, 7) is 2.92. The quantitative estimate of drug-likeness (QED) is 0.771. The van der Waals surface area contributed by atoms with Crippen LogP contribution >= 0.6 is 11.3 Å². The SMILES string of the molecule is O=C(Nc1nc(-c2ccncc2)cs1)N1CCN(c2cccnc2)CC1. The van der Waals surface area contributed by atoms with E-state index in [2.05, 4.69) is 25.2 Å². The van der Waals surface area contributed by atoms with Crippen LogP contribution < -0.4 is 10.2 Å². The van der Waals surface area contributed by atoms with Crippen molar-refractivity contribution in [2.24, 2.45) is 0 Å². The number of aromatic nitrogens is 3. The average molecular weight is 366 g/mol. The molecule has 0 radical (unpaired) electrons. The number of carbonyl (C=O) groups is 1. The number of anilines is 2. The van der Waals surface area contributed by atoms with Gasteiger partial charge in [-0.25, -0.2) is 9.78 Å². The molecule has 1 fully saturated rings. The highest BCUT2D eigenvalue weighted by molar-refractivity contribution is 7.14. The minimum Gasteiger partial charge on any atom is -0.367 e. The standard InChI is InChI=1S/C18H18N6OS/c25-18(22-17-21-16(13-26-17)14-3-6-19-7-4-14)24-10-8-23(9-11-24)15-2-1-5-20-12-15/h1-7,12-13H,8-11H2,(H,21,22,25). The van der Waals surface area contributed by atoms with Crippen LogP contribution in [0.15, 0.2) is 54.4 Å². The molecule has 0 bridgehead atoms. The first kappa shape index (κ1) is 16.5. The monoisotopic (exact) mass is 366 g/mol. The summed E-state index contributed by atoms with van der Waals surface area (Å²) in [4.78, 5) is 29.2. The molecule has 0 spiro atoms. The lowest BCUT2D eigenvalue weighted by molar-refractivity contribution is 0.208. The van der Waals surface area contributed by atoms with Crippen LogP contribution in [0.5, 0.6) is 0 Å². The van der Waals surface area contributed by atoms with Gasteiger partial charge in [-0.15, -0.1) is 11.3 Å². The van der Waals surface area contributed by atoms with E-state index in [0.29, 0.717) is 18.2 Å². The number of nitrogens with zero attached hydrogens (tertiary/aromatic N) is 5. The van der Waals surface area contributed by atoms with Crippen LogP contribution in [0.25, 0.3) is 11.3 Å². The first-order valence-electron chi connectivity index (χ1n) is 8.36. The molecule has 26 heavy (non-hydrogen) atoms. The Kier molecular flexibility index (Phi) is 4.74. The van der Waals surface area contributed by atoms with E-state index in [1.807, 2.05) is 40.7 Å². The number of amides is 2. The van der Waals surface area contributed by atoms with Crippen LogP contribution in [0.1, 0.15) is 0 Å². The summed E-state index contributed by atoms with van der Waals surface area (Å²) < 4.78 is 0. The Bertz CT molecular complexity index is 862. The van der Waals surface area contributed by atoms with Crippen LogP contribution in [0.3, 0.4) is 0 Å². The molecule has 1 aliphatic heterocycles. The number of piperazine rings is 1. The van der Waals surface area contributed by atoms with Crippen LogP contribution in [0.2, 0.25) is 0 Å². The van der Waals surface area contributed by atoms with Crippen molar-refractivity contribution in [1.29, 1.82) is 0 Å². The Hall–Kier alpha value is -3.00. The van der Waals surface area contributed by atoms with E-state index in [4.69, 9.17) is 0 Å². The van der Waals surface area contributed by atoms with Crippen LogP contribution in [-0.2, 0) is 0 Å². The zero-order chi connectivity index (χ0) is 17.8. The van der Waals surface area contributed by atoms with E-state index in [-0.39, 0.29) is 6.03 Å². The van der Waals surface area contributed by atoms with Gasteiger partial charge in [-0.1, -0.05) is 0 Å². The van der Waals surface area contributed by atoms with Gasteiger partial charge in [0.05, 0.1) is 17.6 Å². The maximum absolute atomic E-state index is 12.5. The normalized spacial score (nSPS) is 14.3. The van der Waals surface area contributed by atoms with Crippen molar-refractivity contribution in [1.82, 2.24) is 19.9 Å². The van der Waals surface area contributed by atoms with E-state index in [1.165, 1.54) is 11.3 Å². The number of thiazole rings is 1. The molecular formula is C18H18N6OS. The van der Waals surface area contributed by atoms with Gasteiger partial charge in [0, 0.05) is 55.7 Å². The maximum Gasteiger partial charge on any atom is 0.323 e. The Labute approximate surface area is 155 Å². The van der Waals surface area contributed by atoms with Crippen molar-refractivity contribution < 1.29 is 4.79 Å². The number of nitrogens with one attached hydrogen (secondary N) is 1. The summed E-state index contributed by atoms with van der Waals surface area (Å²) in [7, 11) is 0. The van der Waals surface area contributed by atoms with Gasteiger partial charge >= 0.3 is 6.03 Å². The second-order valence-electron chi connectivity index (χ2n) is 5.89. The Morgan fingerprint density at radius 3 is 2.58 bits per heavy atom. The molecule has 0 aromatic carbocycles. The molecule has 1 saturated heterocycles. The molecule has 3 aromatic heterocycles. The Morgan fingerprint density at radius 1 is 1.04 bits per heavy atom. The molecule has 4 heterocycles. The molecule has 2 amide bonds. The first-order chi connectivity index (χ1) is 12.8. The fourth-order valence-corrected chi connectivity index (χ4v) is 3.57. The van der Waals surface area contributed by atoms with E-state index in [9.17, 15) is 4.79 Å². The Balaban J connectivity index is 1.34. The van der Waals surface area contributed by atoms with Gasteiger partial charge in [0.25, 0.3) is 0 Å². The molecule has 0 unspecified atom stereocenters. The minimum absolute atomic E-state index is 0.105. The first-order valence-corrected chi connectivity index (χ1v) is 9.24. The molecule has 0 atom stereocenters. The molecule has 7 nitrogen and oxygen atoms in total. The van der Waals surface area contributed by atoms with E-state index >= 15 is 0 Å². The molecule has 1 N–H and O–H groups in total. The summed E-state index contributed by atoms with van der Waals surface area (Å²) in [5.41, 5.74) is 2.92. The van der Waals surface area contributed by atoms with Crippen molar-refractivity contribution in [2.45, 2.75) is 0 Å². The smallest absolute Gasteiger partial charge is 0.323 e. The third-order valence-corrected chi connectivity index (χ3v) is 5.03. The van der Waals surface area contributed by atoms with Gasteiger partial charge in [-0.3, -0.25) is 15.3 Å². The van der Waals surface area contributed by atoms with Crippen molar-refractivity contribution in [3.63, 3.8) is 0 Å². The molecule has 0 saturated carbocycles. The molecular weight excluding hydrogens is 348 g/mol.